The predicted octanol–water partition coefficient (Wildman–Crippen LogP) is 0.00000000000000244. The van der Waals surface area contributed by atoms with Crippen molar-refractivity contribution >= 4 is 29.8 Å². The van der Waals surface area contributed by atoms with Crippen molar-refractivity contribution in [2.24, 2.45) is 0 Å². The minimum Gasteiger partial charge on any atom is -0.454 e. The molecule has 8 nitrogen and oxygen atoms in total. The summed E-state index contributed by atoms with van der Waals surface area (Å²) in [6.07, 6.45) is 2.90. The third kappa shape index (κ3) is 9.86. The van der Waals surface area contributed by atoms with E-state index in [4.69, 9.17) is 4.74 Å². The van der Waals surface area contributed by atoms with Crippen molar-refractivity contribution in [2.75, 3.05) is 19.7 Å². The third-order valence-electron chi connectivity index (χ3n) is 2.89. The van der Waals surface area contributed by atoms with Gasteiger partial charge in [-0.05, 0) is 25.5 Å². The molecule has 0 bridgehead atoms. The number of rotatable bonds is 9. The monoisotopic (exact) mass is 361 g/mol. The maximum Gasteiger partial charge on any atom is 0.325 e. The number of nitrogens with one attached hydrogen (secondary N) is 3. The maximum absolute atomic E-state index is 11.6. The van der Waals surface area contributed by atoms with Crippen LogP contribution in [0.4, 0.5) is 0 Å². The number of hydrogen-bond donors (Lipinski definition) is 3. The lowest BCUT2D eigenvalue weighted by Gasteiger charge is -2.09. The van der Waals surface area contributed by atoms with E-state index in [0.29, 0.717) is 0 Å². The van der Waals surface area contributed by atoms with Gasteiger partial charge in [0.1, 0.15) is 6.54 Å². The number of ether oxygens (including phenoxy) is 1. The van der Waals surface area contributed by atoms with E-state index >= 15 is 0 Å². The summed E-state index contributed by atoms with van der Waals surface area (Å²) >= 11 is 0. The molecule has 0 saturated carbocycles. The van der Waals surface area contributed by atoms with E-state index in [9.17, 15) is 19.2 Å². The van der Waals surface area contributed by atoms with E-state index < -0.39 is 24.4 Å². The average molecular weight is 361 g/mol. The van der Waals surface area contributed by atoms with Crippen LogP contribution in [0.1, 0.15) is 19.4 Å². The maximum atomic E-state index is 11.6. The van der Waals surface area contributed by atoms with Gasteiger partial charge in [0.25, 0.3) is 5.91 Å². The fourth-order valence-corrected chi connectivity index (χ4v) is 1.75. The first-order chi connectivity index (χ1) is 12.4. The second-order valence-electron chi connectivity index (χ2n) is 5.62. The summed E-state index contributed by atoms with van der Waals surface area (Å²) in [6, 6.07) is 9.17. The van der Waals surface area contributed by atoms with Crippen LogP contribution in [0.15, 0.2) is 36.4 Å². The highest BCUT2D eigenvalue weighted by atomic mass is 16.5. The Morgan fingerprint density at radius 1 is 1.00 bits per heavy atom. The van der Waals surface area contributed by atoms with Gasteiger partial charge in [0, 0.05) is 12.1 Å². The zero-order valence-electron chi connectivity index (χ0n) is 14.8. The van der Waals surface area contributed by atoms with Crippen LogP contribution >= 0.6 is 0 Å². The number of carbonyl (C=O) groups is 4. The lowest BCUT2D eigenvalue weighted by atomic mass is 10.2. The van der Waals surface area contributed by atoms with Gasteiger partial charge in [0.05, 0.1) is 6.54 Å². The molecule has 0 heterocycles. The number of benzene rings is 1. The largest absolute Gasteiger partial charge is 0.454 e. The summed E-state index contributed by atoms with van der Waals surface area (Å²) in [6.45, 7) is 2.51. The van der Waals surface area contributed by atoms with Crippen molar-refractivity contribution in [3.63, 3.8) is 0 Å². The predicted molar refractivity (Wildman–Crippen MR) is 95.7 cm³/mol. The summed E-state index contributed by atoms with van der Waals surface area (Å²) in [4.78, 5) is 45.9. The van der Waals surface area contributed by atoms with Gasteiger partial charge in [-0.3, -0.25) is 19.2 Å². The fraction of sp³-hybridized carbons (Fsp3) is 0.333. The van der Waals surface area contributed by atoms with E-state index in [1.54, 1.807) is 19.9 Å². The first-order valence-corrected chi connectivity index (χ1v) is 8.09. The number of hydrogen-bond acceptors (Lipinski definition) is 5. The summed E-state index contributed by atoms with van der Waals surface area (Å²) in [5.41, 5.74) is 0.850. The van der Waals surface area contributed by atoms with E-state index in [1.807, 2.05) is 30.3 Å². The third-order valence-corrected chi connectivity index (χ3v) is 2.89. The van der Waals surface area contributed by atoms with Crippen LogP contribution in [-0.4, -0.2) is 49.4 Å². The Balaban J connectivity index is 2.19. The zero-order valence-corrected chi connectivity index (χ0v) is 14.8. The summed E-state index contributed by atoms with van der Waals surface area (Å²) < 4.78 is 4.71. The Hall–Kier alpha value is -3.16. The van der Waals surface area contributed by atoms with Crippen molar-refractivity contribution in [3.05, 3.63) is 42.0 Å². The summed E-state index contributed by atoms with van der Waals surface area (Å²) in [7, 11) is 0. The van der Waals surface area contributed by atoms with Gasteiger partial charge in [-0.15, -0.1) is 0 Å². The van der Waals surface area contributed by atoms with Crippen LogP contribution in [0.5, 0.6) is 0 Å². The molecular weight excluding hydrogens is 338 g/mol. The highest BCUT2D eigenvalue weighted by Crippen LogP contribution is 2.00. The molecule has 0 atom stereocenters. The van der Waals surface area contributed by atoms with Crippen LogP contribution in [0.3, 0.4) is 0 Å². The molecule has 0 aromatic heterocycles. The first-order valence-electron chi connectivity index (χ1n) is 8.09. The normalized spacial score (nSPS) is 10.4. The van der Waals surface area contributed by atoms with Gasteiger partial charge in [-0.1, -0.05) is 30.3 Å². The molecule has 3 amide bonds. The molecule has 8 heteroatoms. The minimum atomic E-state index is -0.756. The molecule has 0 fully saturated rings. The quantitative estimate of drug-likeness (QED) is 0.423. The Bertz CT molecular complexity index is 656. The Kier molecular flexibility index (Phi) is 9.16. The molecule has 0 saturated heterocycles. The Morgan fingerprint density at radius 3 is 2.35 bits per heavy atom. The van der Waals surface area contributed by atoms with Gasteiger partial charge in [-0.2, -0.15) is 0 Å². The molecule has 1 rings (SSSR count). The van der Waals surface area contributed by atoms with E-state index in [1.165, 1.54) is 6.08 Å². The summed E-state index contributed by atoms with van der Waals surface area (Å²) in [5.74, 6) is -2.15. The SMILES string of the molecule is CC(C)NC(=O)CNC(=O)COC(=O)CNC(=O)/C=C/c1ccccc1. The van der Waals surface area contributed by atoms with Crippen molar-refractivity contribution in [2.45, 2.75) is 19.9 Å². The van der Waals surface area contributed by atoms with Crippen LogP contribution in [-0.2, 0) is 23.9 Å². The van der Waals surface area contributed by atoms with Gasteiger partial charge in [0.15, 0.2) is 6.61 Å². The second kappa shape index (κ2) is 11.4. The molecular formula is C18H23N3O5. The van der Waals surface area contributed by atoms with Crippen molar-refractivity contribution in [3.8, 4) is 0 Å². The number of amides is 3. The molecule has 1 aromatic rings. The smallest absolute Gasteiger partial charge is 0.325 e. The molecule has 0 aliphatic carbocycles. The van der Waals surface area contributed by atoms with E-state index in [-0.39, 0.29) is 25.0 Å². The molecule has 0 unspecified atom stereocenters. The minimum absolute atomic E-state index is 0.0308. The van der Waals surface area contributed by atoms with Crippen molar-refractivity contribution in [1.29, 1.82) is 0 Å². The van der Waals surface area contributed by atoms with Crippen molar-refractivity contribution in [1.82, 2.24) is 16.0 Å². The molecule has 140 valence electrons. The fourth-order valence-electron chi connectivity index (χ4n) is 1.75. The highest BCUT2D eigenvalue weighted by molar-refractivity contribution is 5.94. The molecule has 3 N–H and O–H groups in total. The lowest BCUT2D eigenvalue weighted by Crippen LogP contribution is -2.41. The lowest BCUT2D eigenvalue weighted by molar-refractivity contribution is -0.148. The molecule has 0 radical (unpaired) electrons. The molecule has 0 aliphatic rings. The second-order valence-corrected chi connectivity index (χ2v) is 5.62. The highest BCUT2D eigenvalue weighted by Gasteiger charge is 2.10. The molecule has 0 spiro atoms. The first kappa shape index (κ1) is 20.9. The van der Waals surface area contributed by atoms with E-state index in [2.05, 4.69) is 16.0 Å². The Morgan fingerprint density at radius 2 is 1.69 bits per heavy atom. The van der Waals surface area contributed by atoms with Gasteiger partial charge >= 0.3 is 5.97 Å². The number of carbonyl (C=O) groups excluding carboxylic acids is 4. The van der Waals surface area contributed by atoms with Crippen molar-refractivity contribution < 1.29 is 23.9 Å². The van der Waals surface area contributed by atoms with Crippen LogP contribution < -0.4 is 16.0 Å². The number of esters is 1. The van der Waals surface area contributed by atoms with Crippen LogP contribution in [0.2, 0.25) is 0 Å². The van der Waals surface area contributed by atoms with Crippen LogP contribution in [0.25, 0.3) is 6.08 Å². The molecule has 26 heavy (non-hydrogen) atoms. The van der Waals surface area contributed by atoms with Gasteiger partial charge < -0.3 is 20.7 Å². The van der Waals surface area contributed by atoms with Crippen LogP contribution in [0, 0.1) is 0 Å². The Labute approximate surface area is 152 Å². The molecule has 1 aromatic carbocycles. The van der Waals surface area contributed by atoms with E-state index in [0.717, 1.165) is 5.56 Å². The zero-order chi connectivity index (χ0) is 19.4. The van der Waals surface area contributed by atoms with Gasteiger partial charge in [0.2, 0.25) is 11.8 Å². The standard InChI is InChI=1S/C18H23N3O5/c1-13(2)21-16(23)10-19-17(24)12-26-18(25)11-20-15(22)9-8-14-6-4-3-5-7-14/h3-9,13H,10-12H2,1-2H3,(H,19,24)(H,20,22)(H,21,23)/b9-8+. The topological polar surface area (TPSA) is 114 Å². The average Bonchev–Trinajstić information content (AvgIpc) is 2.61. The molecule has 0 aliphatic heterocycles. The van der Waals surface area contributed by atoms with Gasteiger partial charge in [-0.25, -0.2) is 0 Å². The summed E-state index contributed by atoms with van der Waals surface area (Å²) in [5, 5.41) is 7.28.